The zero-order chi connectivity index (χ0) is 17.9. The Bertz CT molecular complexity index is 833. The molecule has 0 radical (unpaired) electrons. The summed E-state index contributed by atoms with van der Waals surface area (Å²) in [4.78, 5) is 31.9. The molecule has 0 aromatic carbocycles. The molecule has 146 valence electrons. The van der Waals surface area contributed by atoms with Gasteiger partial charge in [-0.3, -0.25) is 18.9 Å². The fourth-order valence-electron chi connectivity index (χ4n) is 2.33. The highest BCUT2D eigenvalue weighted by Crippen LogP contribution is 2.46. The number of nitrogens with one attached hydrogen (secondary N) is 1. The third kappa shape index (κ3) is 4.65. The molecule has 3 rings (SSSR count). The number of rotatable bonds is 7. The number of ether oxygens (including phenoxy) is 2. The first kappa shape index (κ1) is 20.5. The molecule has 1 aliphatic rings. The summed E-state index contributed by atoms with van der Waals surface area (Å²) in [6, 6.07) is 0. The number of imidazole rings is 1. The molecule has 2 aromatic heterocycles. The monoisotopic (exact) mass is 391 g/mol. The van der Waals surface area contributed by atoms with E-state index < -0.39 is 13.3 Å². The molecule has 1 fully saturated rings. The second kappa shape index (κ2) is 8.68. The first-order chi connectivity index (χ1) is 12.0. The van der Waals surface area contributed by atoms with Crippen molar-refractivity contribution in [2.45, 2.75) is 6.73 Å². The van der Waals surface area contributed by atoms with Crippen LogP contribution in [0.15, 0.2) is 11.1 Å². The highest BCUT2D eigenvalue weighted by Gasteiger charge is 2.30. The molecule has 13 nitrogen and oxygen atoms in total. The third-order valence-corrected chi connectivity index (χ3v) is 5.19. The van der Waals surface area contributed by atoms with Crippen molar-refractivity contribution >= 4 is 24.9 Å². The van der Waals surface area contributed by atoms with Crippen LogP contribution in [-0.4, -0.2) is 68.6 Å². The highest BCUT2D eigenvalue weighted by molar-refractivity contribution is 7.50. The molecule has 1 unspecified atom stereocenters. The van der Waals surface area contributed by atoms with Crippen LogP contribution < -0.4 is 17.4 Å². The van der Waals surface area contributed by atoms with E-state index in [4.69, 9.17) is 19.7 Å². The quantitative estimate of drug-likeness (QED) is 0.344. The first-order valence-corrected chi connectivity index (χ1v) is 9.09. The minimum atomic E-state index is -3.84. The van der Waals surface area contributed by atoms with Crippen LogP contribution in [0.1, 0.15) is 0 Å². The molecule has 3 heterocycles. The van der Waals surface area contributed by atoms with E-state index >= 15 is 0 Å². The summed E-state index contributed by atoms with van der Waals surface area (Å²) in [5, 5.41) is 0. The largest absolute Gasteiger partial charge is 0.405 e. The Balaban J connectivity index is 0.00000243. The van der Waals surface area contributed by atoms with Gasteiger partial charge in [0.25, 0.3) is 5.56 Å². The van der Waals surface area contributed by atoms with E-state index in [1.165, 1.54) is 15.6 Å². The van der Waals surface area contributed by atoms with Gasteiger partial charge in [0.1, 0.15) is 6.73 Å². The Morgan fingerprint density at radius 2 is 2.12 bits per heavy atom. The Morgan fingerprint density at radius 1 is 1.38 bits per heavy atom. The number of anilines is 1. The highest BCUT2D eigenvalue weighted by atomic mass is 31.2. The van der Waals surface area contributed by atoms with Crippen molar-refractivity contribution in [2.75, 3.05) is 45.3 Å². The lowest BCUT2D eigenvalue weighted by Gasteiger charge is -2.29. The Kier molecular flexibility index (Phi) is 6.83. The molecule has 7 N–H and O–H groups in total. The van der Waals surface area contributed by atoms with E-state index in [1.54, 1.807) is 0 Å². The molecular formula is C12H22N7O6P. The Labute approximate surface area is 148 Å². The lowest BCUT2D eigenvalue weighted by Crippen LogP contribution is -2.34. The summed E-state index contributed by atoms with van der Waals surface area (Å²) in [5.41, 5.74) is 5.52. The van der Waals surface area contributed by atoms with E-state index in [0.717, 1.165) is 0 Å². The van der Waals surface area contributed by atoms with E-state index in [1.807, 2.05) is 0 Å². The van der Waals surface area contributed by atoms with Gasteiger partial charge >= 0.3 is 7.75 Å². The maximum atomic E-state index is 12.1. The molecule has 0 bridgehead atoms. The number of hydrogen-bond donors (Lipinski definition) is 4. The van der Waals surface area contributed by atoms with E-state index in [-0.39, 0.29) is 37.6 Å². The molecule has 0 aliphatic carbocycles. The summed E-state index contributed by atoms with van der Waals surface area (Å²) in [6.45, 7) is 1.54. The van der Waals surface area contributed by atoms with Gasteiger partial charge in [0.05, 0.1) is 32.8 Å². The molecule has 2 aromatic rings. The fourth-order valence-corrected chi connectivity index (χ4v) is 3.48. The maximum absolute atomic E-state index is 12.1. The normalized spacial score (nSPS) is 17.7. The van der Waals surface area contributed by atoms with Gasteiger partial charge in [-0.15, -0.1) is 0 Å². The second-order valence-electron chi connectivity index (χ2n) is 5.26. The van der Waals surface area contributed by atoms with Crippen molar-refractivity contribution in [3.63, 3.8) is 0 Å². The third-order valence-electron chi connectivity index (χ3n) is 3.56. The summed E-state index contributed by atoms with van der Waals surface area (Å²) < 4.78 is 30.5. The van der Waals surface area contributed by atoms with Crippen molar-refractivity contribution in [3.8, 4) is 0 Å². The van der Waals surface area contributed by atoms with Crippen molar-refractivity contribution in [1.29, 1.82) is 0 Å². The lowest BCUT2D eigenvalue weighted by atomic mass is 10.5. The second-order valence-corrected chi connectivity index (χ2v) is 7.07. The van der Waals surface area contributed by atoms with E-state index in [2.05, 4.69) is 15.0 Å². The van der Waals surface area contributed by atoms with Crippen LogP contribution in [0, 0.1) is 0 Å². The maximum Gasteiger partial charge on any atom is 0.405 e. The number of nitrogen functional groups attached to an aromatic ring is 1. The Hall–Kier alpha value is -1.86. The zero-order valence-corrected chi connectivity index (χ0v) is 14.9. The van der Waals surface area contributed by atoms with Gasteiger partial charge in [-0.05, 0) is 0 Å². The van der Waals surface area contributed by atoms with Crippen molar-refractivity contribution < 1.29 is 23.5 Å². The minimum absolute atomic E-state index is 0. The van der Waals surface area contributed by atoms with Gasteiger partial charge in [-0.2, -0.15) is 4.98 Å². The van der Waals surface area contributed by atoms with Gasteiger partial charge in [-0.25, -0.2) is 14.2 Å². The number of aromatic nitrogens is 4. The number of nitrogens with zero attached hydrogens (tertiary/aromatic N) is 4. The lowest BCUT2D eigenvalue weighted by molar-refractivity contribution is 0.0352. The van der Waals surface area contributed by atoms with Crippen molar-refractivity contribution in [1.82, 2.24) is 30.3 Å². The van der Waals surface area contributed by atoms with Crippen LogP contribution in [-0.2, 0) is 25.3 Å². The van der Waals surface area contributed by atoms with Crippen molar-refractivity contribution in [3.05, 3.63) is 16.7 Å². The molecule has 1 atom stereocenters. The van der Waals surface area contributed by atoms with E-state index in [9.17, 15) is 14.3 Å². The molecule has 26 heavy (non-hydrogen) atoms. The van der Waals surface area contributed by atoms with Gasteiger partial charge in [0, 0.05) is 13.1 Å². The van der Waals surface area contributed by atoms with Gasteiger partial charge in [0.15, 0.2) is 11.2 Å². The first-order valence-electron chi connectivity index (χ1n) is 7.56. The zero-order valence-electron chi connectivity index (χ0n) is 14.0. The minimum Gasteiger partial charge on any atom is -0.379 e. The molecule has 0 amide bonds. The van der Waals surface area contributed by atoms with Crippen LogP contribution in [0.2, 0.25) is 0 Å². The van der Waals surface area contributed by atoms with Gasteiger partial charge in [-0.1, -0.05) is 0 Å². The van der Waals surface area contributed by atoms with Crippen LogP contribution >= 0.6 is 7.75 Å². The van der Waals surface area contributed by atoms with Gasteiger partial charge < -0.3 is 26.3 Å². The summed E-state index contributed by atoms with van der Waals surface area (Å²) >= 11 is 0. The smallest absolute Gasteiger partial charge is 0.379 e. The number of fused-ring (bicyclic) bond motifs is 1. The number of nitrogens with two attached hydrogens (primary N) is 1. The van der Waals surface area contributed by atoms with Crippen LogP contribution in [0.5, 0.6) is 0 Å². The SMILES string of the molecule is N.Nc1nc2c(ncn2COCCOP(=O)(O)N2CCOCC2)c(=O)[nH]1. The van der Waals surface area contributed by atoms with Crippen LogP contribution in [0.4, 0.5) is 5.95 Å². The molecular weight excluding hydrogens is 369 g/mol. The molecule has 14 heteroatoms. The summed E-state index contributed by atoms with van der Waals surface area (Å²) in [6.07, 6.45) is 1.40. The topological polar surface area (TPSA) is 193 Å². The van der Waals surface area contributed by atoms with Crippen molar-refractivity contribution in [2.24, 2.45) is 0 Å². The Morgan fingerprint density at radius 3 is 2.85 bits per heavy atom. The van der Waals surface area contributed by atoms with E-state index in [0.29, 0.717) is 32.0 Å². The number of aromatic amines is 1. The number of morpholine rings is 1. The molecule has 1 aliphatic heterocycles. The number of hydrogen-bond acceptors (Lipinski definition) is 9. The molecule has 0 spiro atoms. The molecule has 0 saturated carbocycles. The van der Waals surface area contributed by atoms with Crippen LogP contribution in [0.3, 0.4) is 0 Å². The number of H-pyrrole nitrogens is 1. The summed E-state index contributed by atoms with van der Waals surface area (Å²) in [7, 11) is -3.84. The average Bonchev–Trinajstić information content (AvgIpc) is 2.98. The van der Waals surface area contributed by atoms with Crippen LogP contribution in [0.25, 0.3) is 11.2 Å². The summed E-state index contributed by atoms with van der Waals surface area (Å²) in [5.74, 6) is -0.0192. The standard InChI is InChI=1S/C12H19N6O6P.H3N/c13-12-15-10-9(11(19)16-12)14-7-17(10)8-23-5-6-24-25(20,21)18-1-3-22-4-2-18;/h7H,1-6,8H2,(H,20,21)(H3,13,15,16,19);1H3. The predicted molar refractivity (Wildman–Crippen MR) is 91.7 cm³/mol. The predicted octanol–water partition coefficient (Wildman–Crippen LogP) is -0.713. The molecule has 1 saturated heterocycles. The fraction of sp³-hybridized carbons (Fsp3) is 0.583. The van der Waals surface area contributed by atoms with Gasteiger partial charge in [0.2, 0.25) is 5.95 Å². The average molecular weight is 391 g/mol.